The lowest BCUT2D eigenvalue weighted by molar-refractivity contribution is -0.143. The zero-order valence-corrected chi connectivity index (χ0v) is 10.2. The lowest BCUT2D eigenvalue weighted by Gasteiger charge is -2.12. The molecule has 1 amide bonds. The number of hydrogen-bond donors (Lipinski definition) is 3. The van der Waals surface area contributed by atoms with E-state index in [0.717, 1.165) is 6.07 Å². The van der Waals surface area contributed by atoms with Crippen LogP contribution >= 0.6 is 11.6 Å². The van der Waals surface area contributed by atoms with Gasteiger partial charge in [0.1, 0.15) is 5.82 Å². The fraction of sp³-hybridized carbons (Fsp3) is 0.364. The zero-order chi connectivity index (χ0) is 13.5. The van der Waals surface area contributed by atoms with Crippen LogP contribution in [-0.2, 0) is 9.63 Å². The van der Waals surface area contributed by atoms with Gasteiger partial charge in [0.25, 0.3) is 5.91 Å². The second-order valence-electron chi connectivity index (χ2n) is 3.46. The van der Waals surface area contributed by atoms with Crippen LogP contribution in [0.2, 0.25) is 5.02 Å². The van der Waals surface area contributed by atoms with Crippen LogP contribution in [0.15, 0.2) is 18.2 Å². The number of nitrogens with one attached hydrogen (secondary N) is 1. The van der Waals surface area contributed by atoms with Crippen LogP contribution < -0.4 is 5.48 Å². The van der Waals surface area contributed by atoms with Crippen LogP contribution in [0.1, 0.15) is 18.1 Å². The summed E-state index contributed by atoms with van der Waals surface area (Å²) in [6.07, 6.45) is -1.34. The molecule has 1 aromatic rings. The molecule has 1 atom stereocenters. The van der Waals surface area contributed by atoms with Crippen LogP contribution in [0.5, 0.6) is 0 Å². The first-order valence-corrected chi connectivity index (χ1v) is 5.59. The van der Waals surface area contributed by atoms with Crippen LogP contribution in [-0.4, -0.2) is 29.3 Å². The van der Waals surface area contributed by atoms with Gasteiger partial charge >= 0.3 is 0 Å². The van der Waals surface area contributed by atoms with Gasteiger partial charge in [0, 0.05) is 17.2 Å². The van der Waals surface area contributed by atoms with E-state index in [1.54, 1.807) is 0 Å². The molecule has 7 heteroatoms. The smallest absolute Gasteiger partial charge is 0.277 e. The Balaban J connectivity index is 2.57. The number of rotatable bonds is 6. The summed E-state index contributed by atoms with van der Waals surface area (Å²) in [5.74, 6) is -1.67. The minimum absolute atomic E-state index is 0.0791. The lowest BCUT2D eigenvalue weighted by atomic mass is 10.1. The molecule has 0 saturated heterocycles. The number of carbonyl (C=O) groups excluding carboxylic acids is 1. The van der Waals surface area contributed by atoms with Crippen molar-refractivity contribution in [1.29, 1.82) is 0 Å². The highest BCUT2D eigenvalue weighted by Crippen LogP contribution is 2.20. The Morgan fingerprint density at radius 1 is 1.56 bits per heavy atom. The van der Waals surface area contributed by atoms with E-state index in [9.17, 15) is 14.3 Å². The number of hydroxylamine groups is 1. The minimum atomic E-state index is -1.68. The maximum atomic E-state index is 13.4. The van der Waals surface area contributed by atoms with Crippen molar-refractivity contribution in [3.05, 3.63) is 34.6 Å². The average Bonchev–Trinajstić information content (AvgIpc) is 2.33. The molecule has 1 rings (SSSR count). The summed E-state index contributed by atoms with van der Waals surface area (Å²) in [6.45, 7) is 0.0162. The molecule has 0 saturated carbocycles. The van der Waals surface area contributed by atoms with E-state index in [1.165, 1.54) is 12.1 Å². The molecule has 0 aliphatic carbocycles. The van der Waals surface area contributed by atoms with Gasteiger partial charge in [-0.25, -0.2) is 9.87 Å². The van der Waals surface area contributed by atoms with Crippen molar-refractivity contribution in [2.24, 2.45) is 0 Å². The number of aliphatic hydroxyl groups is 2. The third-order valence-electron chi connectivity index (χ3n) is 2.08. The monoisotopic (exact) mass is 277 g/mol. The summed E-state index contributed by atoms with van der Waals surface area (Å²) < 4.78 is 13.4. The molecule has 100 valence electrons. The van der Waals surface area contributed by atoms with Gasteiger partial charge in [0.15, 0.2) is 6.10 Å². The largest absolute Gasteiger partial charge is 0.396 e. The first-order chi connectivity index (χ1) is 8.56. The average molecular weight is 278 g/mol. The quantitative estimate of drug-likeness (QED) is 0.534. The summed E-state index contributed by atoms with van der Waals surface area (Å²) in [5.41, 5.74) is 1.77. The molecule has 0 aliphatic rings. The number of carbonyl (C=O) groups is 1. The highest BCUT2D eigenvalue weighted by Gasteiger charge is 2.21. The maximum absolute atomic E-state index is 13.4. The fourth-order valence-corrected chi connectivity index (χ4v) is 1.34. The second-order valence-corrected chi connectivity index (χ2v) is 3.90. The molecule has 3 N–H and O–H groups in total. The fourth-order valence-electron chi connectivity index (χ4n) is 1.18. The van der Waals surface area contributed by atoms with Crippen molar-refractivity contribution < 1.29 is 24.2 Å². The van der Waals surface area contributed by atoms with E-state index in [4.69, 9.17) is 16.7 Å². The molecular weight excluding hydrogens is 265 g/mol. The molecule has 0 spiro atoms. The Bertz CT molecular complexity index is 416. The molecule has 0 bridgehead atoms. The van der Waals surface area contributed by atoms with Gasteiger partial charge in [-0.3, -0.25) is 9.63 Å². The van der Waals surface area contributed by atoms with Gasteiger partial charge in [-0.1, -0.05) is 17.7 Å². The Morgan fingerprint density at radius 2 is 2.28 bits per heavy atom. The Labute approximate surface area is 108 Å². The van der Waals surface area contributed by atoms with Crippen LogP contribution in [0.3, 0.4) is 0 Å². The summed E-state index contributed by atoms with van der Waals surface area (Å²) in [7, 11) is 0. The maximum Gasteiger partial charge on any atom is 0.277 e. The molecule has 5 nitrogen and oxygen atoms in total. The summed E-state index contributed by atoms with van der Waals surface area (Å²) in [6, 6.07) is 3.58. The molecule has 0 fully saturated rings. The Kier molecular flexibility index (Phi) is 6.00. The predicted octanol–water partition coefficient (Wildman–Crippen LogP) is 0.943. The number of aliphatic hydroxyl groups excluding tert-OH is 2. The molecule has 18 heavy (non-hydrogen) atoms. The molecule has 0 heterocycles. The number of amides is 1. The zero-order valence-electron chi connectivity index (χ0n) is 9.40. The topological polar surface area (TPSA) is 78.8 Å². The van der Waals surface area contributed by atoms with E-state index >= 15 is 0 Å². The standard InChI is InChI=1S/C11H13ClFNO4/c12-7-2-3-8(9(13)6-7)10(16)11(17)14-18-5-1-4-15/h2-3,6,10,15-16H,1,4-5H2,(H,14,17). The van der Waals surface area contributed by atoms with Gasteiger partial charge in [0.2, 0.25) is 0 Å². The number of hydrogen-bond acceptors (Lipinski definition) is 4. The molecule has 1 aromatic carbocycles. The highest BCUT2D eigenvalue weighted by molar-refractivity contribution is 6.30. The van der Waals surface area contributed by atoms with Gasteiger partial charge in [-0.05, 0) is 18.6 Å². The van der Waals surface area contributed by atoms with Crippen molar-refractivity contribution in [2.75, 3.05) is 13.2 Å². The Morgan fingerprint density at radius 3 is 2.89 bits per heavy atom. The molecular formula is C11H13ClFNO4. The van der Waals surface area contributed by atoms with Crippen molar-refractivity contribution >= 4 is 17.5 Å². The molecule has 0 radical (unpaired) electrons. The van der Waals surface area contributed by atoms with Crippen molar-refractivity contribution in [1.82, 2.24) is 5.48 Å². The van der Waals surface area contributed by atoms with Gasteiger partial charge in [0.05, 0.1) is 6.61 Å². The van der Waals surface area contributed by atoms with E-state index in [-0.39, 0.29) is 23.8 Å². The van der Waals surface area contributed by atoms with Crippen molar-refractivity contribution in [3.63, 3.8) is 0 Å². The van der Waals surface area contributed by atoms with E-state index < -0.39 is 17.8 Å². The second kappa shape index (κ2) is 7.27. The van der Waals surface area contributed by atoms with Crippen LogP contribution in [0, 0.1) is 5.82 Å². The number of benzene rings is 1. The third kappa shape index (κ3) is 4.23. The molecule has 0 aliphatic heterocycles. The van der Waals surface area contributed by atoms with Gasteiger partial charge in [-0.15, -0.1) is 0 Å². The van der Waals surface area contributed by atoms with E-state index in [2.05, 4.69) is 4.84 Å². The van der Waals surface area contributed by atoms with Gasteiger partial charge in [-0.2, -0.15) is 0 Å². The predicted molar refractivity (Wildman–Crippen MR) is 62.2 cm³/mol. The van der Waals surface area contributed by atoms with E-state index in [0.29, 0.717) is 6.42 Å². The van der Waals surface area contributed by atoms with Crippen molar-refractivity contribution in [3.8, 4) is 0 Å². The Hall–Kier alpha value is -1.21. The highest BCUT2D eigenvalue weighted by atomic mass is 35.5. The SMILES string of the molecule is O=C(NOCCCO)C(O)c1ccc(Cl)cc1F. The van der Waals surface area contributed by atoms with Crippen LogP contribution in [0.25, 0.3) is 0 Å². The normalized spacial score (nSPS) is 12.2. The van der Waals surface area contributed by atoms with E-state index in [1.807, 2.05) is 5.48 Å². The number of halogens is 2. The molecule has 0 aromatic heterocycles. The third-order valence-corrected chi connectivity index (χ3v) is 2.32. The summed E-state index contributed by atoms with van der Waals surface area (Å²) >= 11 is 5.55. The van der Waals surface area contributed by atoms with Crippen LogP contribution in [0.4, 0.5) is 4.39 Å². The summed E-state index contributed by atoms with van der Waals surface area (Å²) in [4.78, 5) is 16.1. The minimum Gasteiger partial charge on any atom is -0.396 e. The lowest BCUT2D eigenvalue weighted by Crippen LogP contribution is -2.30. The van der Waals surface area contributed by atoms with Crippen molar-refractivity contribution in [2.45, 2.75) is 12.5 Å². The molecule has 1 unspecified atom stereocenters. The van der Waals surface area contributed by atoms with Gasteiger partial charge < -0.3 is 10.2 Å². The summed E-state index contributed by atoms with van der Waals surface area (Å²) in [5, 5.41) is 18.2. The first-order valence-electron chi connectivity index (χ1n) is 5.21. The first kappa shape index (κ1) is 14.8.